The number of benzene rings is 1. The molecule has 0 atom stereocenters. The zero-order chi connectivity index (χ0) is 18.6. The lowest BCUT2D eigenvalue weighted by Crippen LogP contribution is -2.25. The van der Waals surface area contributed by atoms with Crippen LogP contribution in [0.3, 0.4) is 0 Å². The van der Waals surface area contributed by atoms with Gasteiger partial charge in [-0.3, -0.25) is 14.9 Å². The van der Waals surface area contributed by atoms with Crippen LogP contribution in [0.5, 0.6) is 5.75 Å². The van der Waals surface area contributed by atoms with Crippen molar-refractivity contribution in [3.05, 3.63) is 53.6 Å². The van der Waals surface area contributed by atoms with E-state index >= 15 is 0 Å². The van der Waals surface area contributed by atoms with E-state index in [1.54, 1.807) is 6.92 Å². The van der Waals surface area contributed by atoms with Gasteiger partial charge in [0, 0.05) is 11.1 Å². The van der Waals surface area contributed by atoms with Crippen molar-refractivity contribution in [2.45, 2.75) is 6.92 Å². The van der Waals surface area contributed by atoms with Crippen molar-refractivity contribution in [3.63, 3.8) is 0 Å². The highest BCUT2D eigenvalue weighted by Gasteiger charge is 2.13. The molecule has 2 aromatic rings. The van der Waals surface area contributed by atoms with Gasteiger partial charge in [0.15, 0.2) is 12.4 Å². The molecule has 1 heterocycles. The summed E-state index contributed by atoms with van der Waals surface area (Å²) >= 11 is 18.8. The first-order valence-electron chi connectivity index (χ1n) is 6.61. The van der Waals surface area contributed by atoms with Crippen LogP contribution >= 0.6 is 46.1 Å². The van der Waals surface area contributed by atoms with Crippen molar-refractivity contribution in [3.8, 4) is 5.75 Å². The Kier molecular flexibility index (Phi) is 6.60. The van der Waals surface area contributed by atoms with Gasteiger partial charge in [0.1, 0.15) is 0 Å². The molecule has 0 radical (unpaired) electrons. The Bertz CT molecular complexity index is 831. The van der Waals surface area contributed by atoms with Gasteiger partial charge in [0.25, 0.3) is 11.6 Å². The van der Waals surface area contributed by atoms with E-state index in [1.165, 1.54) is 23.6 Å². The maximum Gasteiger partial charge on any atom is 0.280 e. The lowest BCUT2D eigenvalue weighted by atomic mass is 10.3. The van der Waals surface area contributed by atoms with Crippen LogP contribution in [0, 0.1) is 10.1 Å². The number of nitrogens with one attached hydrogen (secondary N) is 1. The van der Waals surface area contributed by atoms with Crippen molar-refractivity contribution >= 4 is 63.4 Å². The molecular weight excluding hydrogens is 413 g/mol. The number of rotatable bonds is 6. The second-order valence-corrected chi connectivity index (χ2v) is 6.81. The Balaban J connectivity index is 1.95. The van der Waals surface area contributed by atoms with Gasteiger partial charge in [-0.15, -0.1) is 11.3 Å². The monoisotopic (exact) mass is 421 g/mol. The topological polar surface area (TPSA) is 93.8 Å². The molecule has 11 heteroatoms. The minimum absolute atomic E-state index is 0.0313. The minimum Gasteiger partial charge on any atom is -0.481 e. The molecule has 0 aliphatic rings. The van der Waals surface area contributed by atoms with Crippen molar-refractivity contribution < 1.29 is 14.5 Å². The molecule has 25 heavy (non-hydrogen) atoms. The van der Waals surface area contributed by atoms with Crippen LogP contribution in [0.4, 0.5) is 5.69 Å². The molecule has 1 aromatic carbocycles. The standard InChI is InChI=1S/C14H10Cl3N3O4S/c1-7(12-4-9(6-25-12)20(22)23)18-19-13(21)5-24-14-10(16)2-8(15)3-11(14)17/h2-4,6H,5H2,1H3,(H,19,21). The molecular formula is C14H10Cl3N3O4S. The fourth-order valence-electron chi connectivity index (χ4n) is 1.65. The Morgan fingerprint density at radius 1 is 1.32 bits per heavy atom. The second-order valence-electron chi connectivity index (χ2n) is 4.65. The zero-order valence-electron chi connectivity index (χ0n) is 12.6. The molecule has 0 aliphatic heterocycles. The van der Waals surface area contributed by atoms with Gasteiger partial charge in [0.05, 0.1) is 30.9 Å². The quantitative estimate of drug-likeness (QED) is 0.420. The Morgan fingerprint density at radius 2 is 1.96 bits per heavy atom. The number of carbonyl (C=O) groups is 1. The van der Waals surface area contributed by atoms with E-state index in [9.17, 15) is 14.9 Å². The van der Waals surface area contributed by atoms with E-state index in [4.69, 9.17) is 39.5 Å². The van der Waals surface area contributed by atoms with Crippen molar-refractivity contribution in [1.82, 2.24) is 5.43 Å². The van der Waals surface area contributed by atoms with Crippen LogP contribution in [0.2, 0.25) is 15.1 Å². The molecule has 0 saturated carbocycles. The summed E-state index contributed by atoms with van der Waals surface area (Å²) < 4.78 is 5.27. The molecule has 1 amide bonds. The molecule has 0 spiro atoms. The summed E-state index contributed by atoms with van der Waals surface area (Å²) in [6.45, 7) is 1.24. The second kappa shape index (κ2) is 8.48. The number of carbonyl (C=O) groups excluding carboxylic acids is 1. The van der Waals surface area contributed by atoms with E-state index in [0.717, 1.165) is 11.3 Å². The van der Waals surface area contributed by atoms with Crippen molar-refractivity contribution in [2.75, 3.05) is 6.61 Å². The fraction of sp³-hybridized carbons (Fsp3) is 0.143. The number of hydrogen-bond acceptors (Lipinski definition) is 6. The first-order valence-corrected chi connectivity index (χ1v) is 8.63. The third-order valence-electron chi connectivity index (χ3n) is 2.81. The molecule has 0 aliphatic carbocycles. The number of ether oxygens (including phenoxy) is 1. The smallest absolute Gasteiger partial charge is 0.280 e. The molecule has 0 fully saturated rings. The van der Waals surface area contributed by atoms with Crippen LogP contribution in [0.25, 0.3) is 0 Å². The first-order chi connectivity index (χ1) is 11.8. The Hall–Kier alpha value is -1.87. The van der Waals surface area contributed by atoms with Gasteiger partial charge in [-0.25, -0.2) is 5.43 Å². The number of nitrogens with zero attached hydrogens (tertiary/aromatic N) is 2. The molecule has 1 N–H and O–H groups in total. The number of hydrogen-bond donors (Lipinski definition) is 1. The number of halogens is 3. The minimum atomic E-state index is -0.549. The van der Waals surface area contributed by atoms with Crippen LogP contribution < -0.4 is 10.2 Å². The molecule has 132 valence electrons. The largest absolute Gasteiger partial charge is 0.481 e. The predicted molar refractivity (Wildman–Crippen MR) is 98.3 cm³/mol. The molecule has 7 nitrogen and oxygen atoms in total. The normalized spacial score (nSPS) is 11.3. The number of nitro groups is 1. The SMILES string of the molecule is CC(=NNC(=O)COc1c(Cl)cc(Cl)cc1Cl)c1cc([N+](=O)[O-])cs1. The van der Waals surface area contributed by atoms with Gasteiger partial charge in [0.2, 0.25) is 0 Å². The third kappa shape index (κ3) is 5.30. The lowest BCUT2D eigenvalue weighted by Gasteiger charge is -2.09. The van der Waals surface area contributed by atoms with E-state index in [2.05, 4.69) is 10.5 Å². The predicted octanol–water partition coefficient (Wildman–Crippen LogP) is 4.54. The fourth-order valence-corrected chi connectivity index (χ4v) is 3.38. The lowest BCUT2D eigenvalue weighted by molar-refractivity contribution is -0.384. The molecule has 0 saturated heterocycles. The van der Waals surface area contributed by atoms with Gasteiger partial charge in [-0.1, -0.05) is 34.8 Å². The molecule has 0 bridgehead atoms. The maximum atomic E-state index is 11.8. The summed E-state index contributed by atoms with van der Waals surface area (Å²) in [5, 5.41) is 16.6. The van der Waals surface area contributed by atoms with Crippen LogP contribution in [-0.4, -0.2) is 23.1 Å². The van der Waals surface area contributed by atoms with Gasteiger partial charge >= 0.3 is 0 Å². The van der Waals surface area contributed by atoms with Crippen LogP contribution in [0.15, 0.2) is 28.7 Å². The van der Waals surface area contributed by atoms with E-state index in [0.29, 0.717) is 15.6 Å². The van der Waals surface area contributed by atoms with Crippen molar-refractivity contribution in [1.29, 1.82) is 0 Å². The summed E-state index contributed by atoms with van der Waals surface area (Å²) in [6.07, 6.45) is 0. The van der Waals surface area contributed by atoms with E-state index < -0.39 is 10.8 Å². The molecule has 2 rings (SSSR count). The van der Waals surface area contributed by atoms with Gasteiger partial charge < -0.3 is 4.74 Å². The first kappa shape index (κ1) is 19.5. The number of amides is 1. The maximum absolute atomic E-state index is 11.8. The van der Waals surface area contributed by atoms with Gasteiger partial charge in [-0.05, 0) is 19.1 Å². The number of thiophene rings is 1. The van der Waals surface area contributed by atoms with E-state index in [-0.39, 0.29) is 28.1 Å². The molecule has 0 unspecified atom stereocenters. The summed E-state index contributed by atoms with van der Waals surface area (Å²) in [4.78, 5) is 22.5. The highest BCUT2D eigenvalue weighted by Crippen LogP contribution is 2.35. The average molecular weight is 423 g/mol. The summed E-state index contributed by atoms with van der Waals surface area (Å²) in [5.41, 5.74) is 2.68. The average Bonchev–Trinajstić information content (AvgIpc) is 3.01. The Labute approximate surface area is 161 Å². The Morgan fingerprint density at radius 3 is 2.52 bits per heavy atom. The van der Waals surface area contributed by atoms with Crippen LogP contribution in [-0.2, 0) is 4.79 Å². The summed E-state index contributed by atoms with van der Waals surface area (Å²) in [6, 6.07) is 4.25. The highest BCUT2D eigenvalue weighted by atomic mass is 35.5. The molecule has 1 aromatic heterocycles. The zero-order valence-corrected chi connectivity index (χ0v) is 15.7. The number of hydrazone groups is 1. The van der Waals surface area contributed by atoms with E-state index in [1.807, 2.05) is 0 Å². The third-order valence-corrected chi connectivity index (χ3v) is 4.62. The van der Waals surface area contributed by atoms with Crippen LogP contribution in [0.1, 0.15) is 11.8 Å². The summed E-state index contributed by atoms with van der Waals surface area (Å²) in [5.74, 6) is -0.412. The summed E-state index contributed by atoms with van der Waals surface area (Å²) in [7, 11) is 0. The van der Waals surface area contributed by atoms with Gasteiger partial charge in [-0.2, -0.15) is 5.10 Å². The van der Waals surface area contributed by atoms with Crippen molar-refractivity contribution in [2.24, 2.45) is 5.10 Å². The highest BCUT2D eigenvalue weighted by molar-refractivity contribution is 7.12.